The SMILES string of the molecule is Cc1ccnc(NC2(CO)CC2)c1C#N. The third kappa shape index (κ3) is 1.79. The van der Waals surface area contributed by atoms with Gasteiger partial charge in [0.15, 0.2) is 0 Å². The summed E-state index contributed by atoms with van der Waals surface area (Å²) in [6, 6.07) is 3.94. The maximum Gasteiger partial charge on any atom is 0.144 e. The molecule has 0 saturated heterocycles. The summed E-state index contributed by atoms with van der Waals surface area (Å²) in [5.74, 6) is 0.587. The molecule has 15 heavy (non-hydrogen) atoms. The zero-order valence-electron chi connectivity index (χ0n) is 8.62. The van der Waals surface area contributed by atoms with Gasteiger partial charge in [-0.05, 0) is 31.4 Å². The predicted molar refractivity (Wildman–Crippen MR) is 56.4 cm³/mol. The molecule has 4 heteroatoms. The van der Waals surface area contributed by atoms with Crippen LogP contribution >= 0.6 is 0 Å². The summed E-state index contributed by atoms with van der Waals surface area (Å²) in [5, 5.41) is 21.3. The van der Waals surface area contributed by atoms with Gasteiger partial charge in [0.1, 0.15) is 11.9 Å². The van der Waals surface area contributed by atoms with E-state index in [4.69, 9.17) is 5.26 Å². The van der Waals surface area contributed by atoms with E-state index in [9.17, 15) is 5.11 Å². The molecule has 1 fully saturated rings. The van der Waals surface area contributed by atoms with Crippen LogP contribution in [0.1, 0.15) is 24.0 Å². The van der Waals surface area contributed by atoms with Crippen LogP contribution in [-0.2, 0) is 0 Å². The molecule has 2 rings (SSSR count). The molecule has 4 nitrogen and oxygen atoms in total. The summed E-state index contributed by atoms with van der Waals surface area (Å²) >= 11 is 0. The zero-order chi connectivity index (χ0) is 10.9. The number of nitrogens with one attached hydrogen (secondary N) is 1. The van der Waals surface area contributed by atoms with Gasteiger partial charge in [-0.15, -0.1) is 0 Å². The van der Waals surface area contributed by atoms with Crippen LogP contribution < -0.4 is 5.32 Å². The molecule has 0 radical (unpaired) electrons. The second kappa shape index (κ2) is 3.52. The summed E-state index contributed by atoms with van der Waals surface area (Å²) in [6.07, 6.45) is 3.54. The van der Waals surface area contributed by atoms with E-state index < -0.39 is 0 Å². The van der Waals surface area contributed by atoms with Crippen LogP contribution in [0.4, 0.5) is 5.82 Å². The fourth-order valence-electron chi connectivity index (χ4n) is 1.52. The van der Waals surface area contributed by atoms with Gasteiger partial charge in [-0.2, -0.15) is 5.26 Å². The Hall–Kier alpha value is -1.60. The van der Waals surface area contributed by atoms with Crippen LogP contribution in [-0.4, -0.2) is 22.2 Å². The van der Waals surface area contributed by atoms with Gasteiger partial charge in [0.25, 0.3) is 0 Å². The first-order valence-electron chi connectivity index (χ1n) is 4.95. The smallest absolute Gasteiger partial charge is 0.144 e. The molecule has 1 saturated carbocycles. The number of hydrogen-bond donors (Lipinski definition) is 2. The quantitative estimate of drug-likeness (QED) is 0.774. The van der Waals surface area contributed by atoms with Gasteiger partial charge >= 0.3 is 0 Å². The Morgan fingerprint density at radius 3 is 2.93 bits per heavy atom. The Labute approximate surface area is 88.6 Å². The Bertz CT molecular complexity index is 418. The molecule has 1 aromatic heterocycles. The van der Waals surface area contributed by atoms with E-state index in [2.05, 4.69) is 16.4 Å². The number of nitrogens with zero attached hydrogens (tertiary/aromatic N) is 2. The highest BCUT2D eigenvalue weighted by Gasteiger charge is 2.42. The lowest BCUT2D eigenvalue weighted by molar-refractivity contribution is 0.266. The molecule has 1 aromatic rings. The highest BCUT2D eigenvalue weighted by molar-refractivity contribution is 5.57. The molecule has 1 heterocycles. The van der Waals surface area contributed by atoms with E-state index >= 15 is 0 Å². The molecule has 0 atom stereocenters. The highest BCUT2D eigenvalue weighted by atomic mass is 16.3. The number of anilines is 1. The number of aryl methyl sites for hydroxylation is 1. The van der Waals surface area contributed by atoms with Crippen molar-refractivity contribution in [3.63, 3.8) is 0 Å². The van der Waals surface area contributed by atoms with Crippen molar-refractivity contribution >= 4 is 5.82 Å². The Morgan fingerprint density at radius 2 is 2.40 bits per heavy atom. The molecule has 0 unspecified atom stereocenters. The summed E-state index contributed by atoms with van der Waals surface area (Å²) in [6.45, 7) is 1.97. The van der Waals surface area contributed by atoms with Crippen molar-refractivity contribution in [1.82, 2.24) is 4.98 Å². The number of pyridine rings is 1. The van der Waals surface area contributed by atoms with E-state index in [1.54, 1.807) is 6.20 Å². The molecule has 1 aliphatic rings. The number of aliphatic hydroxyl groups is 1. The molecular weight excluding hydrogens is 190 g/mol. The number of rotatable bonds is 3. The van der Waals surface area contributed by atoms with Gasteiger partial charge in [-0.3, -0.25) is 0 Å². The number of hydrogen-bond acceptors (Lipinski definition) is 4. The minimum absolute atomic E-state index is 0.0908. The second-order valence-corrected chi connectivity index (χ2v) is 4.03. The van der Waals surface area contributed by atoms with E-state index in [0.29, 0.717) is 11.4 Å². The topological polar surface area (TPSA) is 68.9 Å². The lowest BCUT2D eigenvalue weighted by Gasteiger charge is -2.16. The van der Waals surface area contributed by atoms with Crippen LogP contribution in [0.3, 0.4) is 0 Å². The Morgan fingerprint density at radius 1 is 1.67 bits per heavy atom. The normalized spacial score (nSPS) is 16.9. The van der Waals surface area contributed by atoms with E-state index in [0.717, 1.165) is 18.4 Å². The van der Waals surface area contributed by atoms with Crippen molar-refractivity contribution in [2.45, 2.75) is 25.3 Å². The zero-order valence-corrected chi connectivity index (χ0v) is 8.62. The van der Waals surface area contributed by atoms with Crippen molar-refractivity contribution in [3.05, 3.63) is 23.4 Å². The lowest BCUT2D eigenvalue weighted by atomic mass is 10.1. The summed E-state index contributed by atoms with van der Waals surface area (Å²) < 4.78 is 0. The summed E-state index contributed by atoms with van der Waals surface area (Å²) in [7, 11) is 0. The molecular formula is C11H13N3O. The van der Waals surface area contributed by atoms with Gasteiger partial charge in [0.05, 0.1) is 17.7 Å². The molecule has 2 N–H and O–H groups in total. The number of nitriles is 1. The molecule has 0 amide bonds. The van der Waals surface area contributed by atoms with Crippen molar-refractivity contribution in [2.75, 3.05) is 11.9 Å². The molecule has 0 spiro atoms. The lowest BCUT2D eigenvalue weighted by Crippen LogP contribution is -2.26. The monoisotopic (exact) mass is 203 g/mol. The molecule has 1 aliphatic carbocycles. The molecule has 78 valence electrons. The first kappa shape index (κ1) is 9.94. The fraction of sp³-hybridized carbons (Fsp3) is 0.455. The van der Waals surface area contributed by atoms with E-state index in [1.807, 2.05) is 13.0 Å². The fourth-order valence-corrected chi connectivity index (χ4v) is 1.52. The number of aliphatic hydroxyl groups excluding tert-OH is 1. The van der Waals surface area contributed by atoms with Gasteiger partial charge < -0.3 is 10.4 Å². The predicted octanol–water partition coefficient (Wildman–Crippen LogP) is 1.20. The Balaban J connectivity index is 2.29. The largest absolute Gasteiger partial charge is 0.394 e. The van der Waals surface area contributed by atoms with Crippen LogP contribution in [0.15, 0.2) is 12.3 Å². The van der Waals surface area contributed by atoms with Crippen molar-refractivity contribution in [1.29, 1.82) is 5.26 Å². The van der Waals surface area contributed by atoms with Gasteiger partial charge in [0, 0.05) is 6.20 Å². The van der Waals surface area contributed by atoms with Crippen LogP contribution in [0.2, 0.25) is 0 Å². The molecule has 0 aliphatic heterocycles. The average Bonchev–Trinajstić information content (AvgIpc) is 2.99. The number of aromatic nitrogens is 1. The van der Waals surface area contributed by atoms with Crippen molar-refractivity contribution in [3.8, 4) is 6.07 Å². The Kier molecular flexibility index (Phi) is 2.33. The second-order valence-electron chi connectivity index (χ2n) is 4.03. The van der Waals surface area contributed by atoms with Gasteiger partial charge in [-0.1, -0.05) is 0 Å². The maximum atomic E-state index is 9.18. The first-order valence-corrected chi connectivity index (χ1v) is 4.95. The molecule has 0 aromatic carbocycles. The summed E-state index contributed by atoms with van der Waals surface area (Å²) in [4.78, 5) is 4.14. The van der Waals surface area contributed by atoms with E-state index in [1.165, 1.54) is 0 Å². The van der Waals surface area contributed by atoms with Crippen molar-refractivity contribution < 1.29 is 5.11 Å². The van der Waals surface area contributed by atoms with Crippen molar-refractivity contribution in [2.24, 2.45) is 0 Å². The highest BCUT2D eigenvalue weighted by Crippen LogP contribution is 2.38. The van der Waals surface area contributed by atoms with Crippen LogP contribution in [0, 0.1) is 18.3 Å². The van der Waals surface area contributed by atoms with Gasteiger partial charge in [0.2, 0.25) is 0 Å². The standard InChI is InChI=1S/C11H13N3O/c1-8-2-5-13-10(9(8)6-12)14-11(7-15)3-4-11/h2,5,15H,3-4,7H2,1H3,(H,13,14). The minimum Gasteiger partial charge on any atom is -0.394 e. The maximum absolute atomic E-state index is 9.18. The van der Waals surface area contributed by atoms with Crippen LogP contribution in [0.25, 0.3) is 0 Å². The third-order valence-electron chi connectivity index (χ3n) is 2.81. The third-order valence-corrected chi connectivity index (χ3v) is 2.81. The van der Waals surface area contributed by atoms with E-state index in [-0.39, 0.29) is 12.1 Å². The average molecular weight is 203 g/mol. The summed E-state index contributed by atoms with van der Waals surface area (Å²) in [5.41, 5.74) is 1.24. The van der Waals surface area contributed by atoms with Gasteiger partial charge in [-0.25, -0.2) is 4.98 Å². The molecule has 0 bridgehead atoms. The minimum atomic E-state index is -0.230. The first-order chi connectivity index (χ1) is 7.21. The van der Waals surface area contributed by atoms with Crippen LogP contribution in [0.5, 0.6) is 0 Å².